The molecule has 0 bridgehead atoms. The van der Waals surface area contributed by atoms with E-state index in [9.17, 15) is 8.42 Å². The normalized spacial score (nSPS) is 11.4. The standard InChI is InChI=1S/C13H18N2O2S/c1-11(2)15(3)18(16,17)13-8-6-12(7-9-13)5-4-10-14/h6-9,11H,10,14H2,1-3H3. The first kappa shape index (κ1) is 14.7. The van der Waals surface area contributed by atoms with Crippen LogP contribution < -0.4 is 5.73 Å². The van der Waals surface area contributed by atoms with Gasteiger partial charge in [-0.25, -0.2) is 8.42 Å². The van der Waals surface area contributed by atoms with Gasteiger partial charge in [-0.05, 0) is 38.1 Å². The van der Waals surface area contributed by atoms with E-state index in [4.69, 9.17) is 5.73 Å². The molecule has 0 spiro atoms. The topological polar surface area (TPSA) is 63.4 Å². The van der Waals surface area contributed by atoms with Crippen LogP contribution >= 0.6 is 0 Å². The first-order valence-corrected chi connectivity index (χ1v) is 7.10. The molecule has 0 aliphatic rings. The molecule has 4 nitrogen and oxygen atoms in total. The van der Waals surface area contributed by atoms with E-state index in [0.29, 0.717) is 0 Å². The predicted molar refractivity (Wildman–Crippen MR) is 72.5 cm³/mol. The minimum Gasteiger partial charge on any atom is -0.320 e. The minimum absolute atomic E-state index is 0.0771. The quantitative estimate of drug-likeness (QED) is 0.831. The lowest BCUT2D eigenvalue weighted by atomic mass is 10.2. The molecule has 0 heterocycles. The number of hydrogen-bond donors (Lipinski definition) is 1. The molecule has 0 amide bonds. The van der Waals surface area contributed by atoms with E-state index in [-0.39, 0.29) is 17.5 Å². The van der Waals surface area contributed by atoms with Crippen molar-refractivity contribution in [2.45, 2.75) is 24.8 Å². The van der Waals surface area contributed by atoms with Crippen LogP contribution in [0.3, 0.4) is 0 Å². The Bertz CT molecular complexity index is 551. The van der Waals surface area contributed by atoms with Crippen molar-refractivity contribution in [2.75, 3.05) is 13.6 Å². The zero-order valence-corrected chi connectivity index (χ0v) is 11.7. The fourth-order valence-electron chi connectivity index (χ4n) is 1.31. The van der Waals surface area contributed by atoms with Gasteiger partial charge in [-0.3, -0.25) is 0 Å². The monoisotopic (exact) mass is 266 g/mol. The molecule has 0 saturated carbocycles. The van der Waals surface area contributed by atoms with Crippen molar-refractivity contribution in [2.24, 2.45) is 5.73 Å². The van der Waals surface area contributed by atoms with Crippen LogP contribution in [0.2, 0.25) is 0 Å². The zero-order valence-electron chi connectivity index (χ0n) is 10.8. The molecule has 1 rings (SSSR count). The second-order valence-corrected chi connectivity index (χ2v) is 6.14. The van der Waals surface area contributed by atoms with E-state index < -0.39 is 10.0 Å². The SMILES string of the molecule is CC(C)N(C)S(=O)(=O)c1ccc(C#CCN)cc1. The predicted octanol–water partition coefficient (Wildman–Crippen LogP) is 1.03. The third-order valence-electron chi connectivity index (χ3n) is 2.59. The Labute approximate surface area is 109 Å². The molecule has 1 aromatic rings. The molecule has 0 unspecified atom stereocenters. The third-order valence-corrected chi connectivity index (χ3v) is 4.64. The molecule has 0 atom stereocenters. The molecule has 98 valence electrons. The molecule has 0 aliphatic heterocycles. The van der Waals surface area contributed by atoms with Gasteiger partial charge < -0.3 is 5.73 Å². The Hall–Kier alpha value is -1.35. The lowest BCUT2D eigenvalue weighted by Crippen LogP contribution is -2.33. The summed E-state index contributed by atoms with van der Waals surface area (Å²) in [5.74, 6) is 5.57. The van der Waals surface area contributed by atoms with Crippen molar-refractivity contribution < 1.29 is 8.42 Å². The van der Waals surface area contributed by atoms with Crippen molar-refractivity contribution in [3.05, 3.63) is 29.8 Å². The van der Waals surface area contributed by atoms with Crippen LogP contribution in [0.25, 0.3) is 0 Å². The molecule has 1 aromatic carbocycles. The van der Waals surface area contributed by atoms with E-state index in [1.165, 1.54) is 4.31 Å². The first-order chi connectivity index (χ1) is 8.39. The number of sulfonamides is 1. The van der Waals surface area contributed by atoms with Gasteiger partial charge in [0.15, 0.2) is 0 Å². The second-order valence-electron chi connectivity index (χ2n) is 4.15. The number of rotatable bonds is 3. The molecule has 0 saturated heterocycles. The summed E-state index contributed by atoms with van der Waals surface area (Å²) >= 11 is 0. The van der Waals surface area contributed by atoms with Gasteiger partial charge in [0, 0.05) is 18.7 Å². The Morgan fingerprint density at radius 2 is 1.83 bits per heavy atom. The van der Waals surface area contributed by atoms with Gasteiger partial charge in [-0.1, -0.05) is 11.8 Å². The van der Waals surface area contributed by atoms with Crippen molar-refractivity contribution >= 4 is 10.0 Å². The molecule has 5 heteroatoms. The first-order valence-electron chi connectivity index (χ1n) is 5.66. The lowest BCUT2D eigenvalue weighted by molar-refractivity contribution is 0.410. The van der Waals surface area contributed by atoms with Gasteiger partial charge in [0.05, 0.1) is 11.4 Å². The van der Waals surface area contributed by atoms with Crippen molar-refractivity contribution in [3.63, 3.8) is 0 Å². The molecule has 0 radical (unpaired) electrons. The fourth-order valence-corrected chi connectivity index (χ4v) is 2.67. The number of hydrogen-bond acceptors (Lipinski definition) is 3. The minimum atomic E-state index is -3.42. The van der Waals surface area contributed by atoms with Crippen LogP contribution in [0.1, 0.15) is 19.4 Å². The number of nitrogens with zero attached hydrogens (tertiary/aromatic N) is 1. The maximum Gasteiger partial charge on any atom is 0.243 e. The highest BCUT2D eigenvalue weighted by atomic mass is 32.2. The Balaban J connectivity index is 3.05. The molecule has 18 heavy (non-hydrogen) atoms. The molecular formula is C13H18N2O2S. The smallest absolute Gasteiger partial charge is 0.243 e. The van der Waals surface area contributed by atoms with Gasteiger partial charge in [-0.2, -0.15) is 4.31 Å². The largest absolute Gasteiger partial charge is 0.320 e. The van der Waals surface area contributed by atoms with Gasteiger partial charge in [0.25, 0.3) is 0 Å². The molecule has 2 N–H and O–H groups in total. The average molecular weight is 266 g/mol. The average Bonchev–Trinajstić information content (AvgIpc) is 2.35. The van der Waals surface area contributed by atoms with Crippen molar-refractivity contribution in [1.82, 2.24) is 4.31 Å². The summed E-state index contributed by atoms with van der Waals surface area (Å²) in [6.07, 6.45) is 0. The summed E-state index contributed by atoms with van der Waals surface area (Å²) in [5, 5.41) is 0. The molecule has 0 fully saturated rings. The van der Waals surface area contributed by atoms with Crippen LogP contribution in [-0.4, -0.2) is 32.4 Å². The van der Waals surface area contributed by atoms with Crippen LogP contribution in [0.4, 0.5) is 0 Å². The highest BCUT2D eigenvalue weighted by Gasteiger charge is 2.22. The Morgan fingerprint density at radius 3 is 2.28 bits per heavy atom. The molecule has 0 aromatic heterocycles. The van der Waals surface area contributed by atoms with Gasteiger partial charge >= 0.3 is 0 Å². The lowest BCUT2D eigenvalue weighted by Gasteiger charge is -2.20. The van der Waals surface area contributed by atoms with E-state index in [1.807, 2.05) is 13.8 Å². The maximum atomic E-state index is 12.2. The number of nitrogens with two attached hydrogens (primary N) is 1. The van der Waals surface area contributed by atoms with Crippen LogP contribution in [0.5, 0.6) is 0 Å². The second kappa shape index (κ2) is 6.01. The Kier molecular flexibility index (Phi) is 4.91. The van der Waals surface area contributed by atoms with Gasteiger partial charge in [0.2, 0.25) is 10.0 Å². The molecular weight excluding hydrogens is 248 g/mol. The van der Waals surface area contributed by atoms with Gasteiger partial charge in [0.1, 0.15) is 0 Å². The van der Waals surface area contributed by atoms with Crippen LogP contribution in [0.15, 0.2) is 29.2 Å². The van der Waals surface area contributed by atoms with E-state index in [1.54, 1.807) is 31.3 Å². The van der Waals surface area contributed by atoms with Crippen LogP contribution in [-0.2, 0) is 10.0 Å². The van der Waals surface area contributed by atoms with E-state index in [0.717, 1.165) is 5.56 Å². The van der Waals surface area contributed by atoms with Crippen LogP contribution in [0, 0.1) is 11.8 Å². The highest BCUT2D eigenvalue weighted by Crippen LogP contribution is 2.16. The Morgan fingerprint density at radius 1 is 1.28 bits per heavy atom. The summed E-state index contributed by atoms with van der Waals surface area (Å²) < 4.78 is 25.7. The van der Waals surface area contributed by atoms with Crippen molar-refractivity contribution in [3.8, 4) is 11.8 Å². The summed E-state index contributed by atoms with van der Waals surface area (Å²) in [7, 11) is -1.84. The highest BCUT2D eigenvalue weighted by molar-refractivity contribution is 7.89. The van der Waals surface area contributed by atoms with Crippen molar-refractivity contribution in [1.29, 1.82) is 0 Å². The summed E-state index contributed by atoms with van der Waals surface area (Å²) in [4.78, 5) is 0.275. The fraction of sp³-hybridized carbons (Fsp3) is 0.385. The summed E-state index contributed by atoms with van der Waals surface area (Å²) in [6.45, 7) is 3.95. The molecule has 0 aliphatic carbocycles. The third kappa shape index (κ3) is 3.33. The zero-order chi connectivity index (χ0) is 13.8. The van der Waals surface area contributed by atoms with E-state index in [2.05, 4.69) is 11.8 Å². The summed E-state index contributed by atoms with van der Waals surface area (Å²) in [5.41, 5.74) is 6.03. The summed E-state index contributed by atoms with van der Waals surface area (Å²) in [6, 6.07) is 6.42. The van der Waals surface area contributed by atoms with Gasteiger partial charge in [-0.15, -0.1) is 0 Å². The maximum absolute atomic E-state index is 12.2. The number of benzene rings is 1. The van der Waals surface area contributed by atoms with E-state index >= 15 is 0 Å².